The van der Waals surface area contributed by atoms with E-state index in [9.17, 15) is 14.4 Å². The minimum Gasteiger partial charge on any atom is -0.465 e. The van der Waals surface area contributed by atoms with Crippen LogP contribution < -0.4 is 0 Å². The van der Waals surface area contributed by atoms with Gasteiger partial charge in [-0.15, -0.1) is 0 Å². The normalized spacial score (nSPS) is 11.7. The third kappa shape index (κ3) is 5.42. The van der Waals surface area contributed by atoms with Gasteiger partial charge in [-0.05, 0) is 25.5 Å². The first-order chi connectivity index (χ1) is 13.5. The van der Waals surface area contributed by atoms with Gasteiger partial charge in [0.1, 0.15) is 0 Å². The average Bonchev–Trinajstić information content (AvgIpc) is 2.69. The second-order valence-corrected chi connectivity index (χ2v) is 6.51. The lowest BCUT2D eigenvalue weighted by molar-refractivity contribution is -0.162. The van der Waals surface area contributed by atoms with E-state index in [1.807, 2.05) is 6.07 Å². The summed E-state index contributed by atoms with van der Waals surface area (Å²) in [6.07, 6.45) is -0.0873. The Bertz CT molecular complexity index is 801. The number of benzene rings is 2. The molecule has 2 rings (SSSR count). The van der Waals surface area contributed by atoms with Crippen LogP contribution in [0.15, 0.2) is 54.6 Å². The van der Waals surface area contributed by atoms with E-state index in [1.165, 1.54) is 0 Å². The molecule has 2 aromatic rings. The molecule has 0 saturated heterocycles. The fourth-order valence-electron chi connectivity index (χ4n) is 3.01. The Morgan fingerprint density at radius 1 is 0.857 bits per heavy atom. The maximum absolute atomic E-state index is 12.9. The molecule has 0 amide bonds. The number of hydrogen-bond acceptors (Lipinski definition) is 5. The summed E-state index contributed by atoms with van der Waals surface area (Å²) in [5, 5.41) is 0.368. The summed E-state index contributed by atoms with van der Waals surface area (Å²) in [7, 11) is 0. The van der Waals surface area contributed by atoms with Gasteiger partial charge in [0.25, 0.3) is 0 Å². The van der Waals surface area contributed by atoms with Crippen molar-refractivity contribution in [3.63, 3.8) is 0 Å². The van der Waals surface area contributed by atoms with Crippen molar-refractivity contribution in [3.8, 4) is 0 Å². The summed E-state index contributed by atoms with van der Waals surface area (Å²) in [6.45, 7) is 3.52. The lowest BCUT2D eigenvalue weighted by Crippen LogP contribution is -2.34. The van der Waals surface area contributed by atoms with Crippen LogP contribution in [0.1, 0.15) is 42.1 Å². The zero-order chi connectivity index (χ0) is 20.5. The first-order valence-corrected chi connectivity index (χ1v) is 9.53. The molecule has 0 aliphatic heterocycles. The molecule has 1 atom stereocenters. The summed E-state index contributed by atoms with van der Waals surface area (Å²) >= 11 is 6.34. The fraction of sp³-hybridized carbons (Fsp3) is 0.318. The van der Waals surface area contributed by atoms with E-state index in [0.717, 1.165) is 0 Å². The zero-order valence-electron chi connectivity index (χ0n) is 15.9. The van der Waals surface area contributed by atoms with E-state index in [0.29, 0.717) is 16.1 Å². The second-order valence-electron chi connectivity index (χ2n) is 6.10. The smallest absolute Gasteiger partial charge is 0.320 e. The van der Waals surface area contributed by atoms with Crippen molar-refractivity contribution in [1.29, 1.82) is 0 Å². The largest absolute Gasteiger partial charge is 0.465 e. The van der Waals surface area contributed by atoms with Crippen LogP contribution in [-0.2, 0) is 19.1 Å². The van der Waals surface area contributed by atoms with Crippen molar-refractivity contribution in [1.82, 2.24) is 0 Å². The van der Waals surface area contributed by atoms with Gasteiger partial charge in [0.05, 0.1) is 13.2 Å². The van der Waals surface area contributed by atoms with Crippen LogP contribution >= 0.6 is 11.6 Å². The van der Waals surface area contributed by atoms with E-state index >= 15 is 0 Å². The molecule has 0 aliphatic carbocycles. The molecular formula is C22H23ClO5. The van der Waals surface area contributed by atoms with Gasteiger partial charge in [-0.25, -0.2) is 0 Å². The molecule has 6 heteroatoms. The molecule has 0 aromatic heterocycles. The van der Waals surface area contributed by atoms with Crippen LogP contribution in [0.25, 0.3) is 0 Å². The van der Waals surface area contributed by atoms with Gasteiger partial charge in [0, 0.05) is 22.9 Å². The van der Waals surface area contributed by atoms with Crippen molar-refractivity contribution in [3.05, 3.63) is 70.7 Å². The first kappa shape index (κ1) is 21.6. The molecule has 28 heavy (non-hydrogen) atoms. The van der Waals surface area contributed by atoms with E-state index in [-0.39, 0.29) is 25.4 Å². The van der Waals surface area contributed by atoms with Crippen LogP contribution in [0, 0.1) is 5.92 Å². The Balaban J connectivity index is 2.48. The Hall–Kier alpha value is -2.66. The lowest BCUT2D eigenvalue weighted by Gasteiger charge is -2.25. The molecular weight excluding hydrogens is 380 g/mol. The molecule has 0 saturated carbocycles. The molecule has 0 unspecified atom stereocenters. The van der Waals surface area contributed by atoms with Crippen molar-refractivity contribution >= 4 is 29.3 Å². The topological polar surface area (TPSA) is 69.7 Å². The SMILES string of the molecule is CCOC(=O)C(C(=O)OCC)[C@H](CC(=O)c1ccccc1)c1ccccc1Cl. The van der Waals surface area contributed by atoms with Crippen LogP contribution in [0.3, 0.4) is 0 Å². The Labute approximate surface area is 169 Å². The van der Waals surface area contributed by atoms with Crippen LogP contribution in [0.2, 0.25) is 5.02 Å². The maximum atomic E-state index is 12.9. The minimum atomic E-state index is -1.28. The van der Waals surface area contributed by atoms with Crippen molar-refractivity contribution in [2.24, 2.45) is 5.92 Å². The third-order valence-electron chi connectivity index (χ3n) is 4.29. The highest BCUT2D eigenvalue weighted by molar-refractivity contribution is 6.31. The van der Waals surface area contributed by atoms with Gasteiger partial charge in [0.2, 0.25) is 0 Å². The van der Waals surface area contributed by atoms with E-state index in [4.69, 9.17) is 21.1 Å². The number of halogens is 1. The quantitative estimate of drug-likeness (QED) is 0.352. The molecule has 0 spiro atoms. The second kappa shape index (κ2) is 10.6. The van der Waals surface area contributed by atoms with Gasteiger partial charge in [-0.3, -0.25) is 14.4 Å². The molecule has 0 N–H and O–H groups in total. The molecule has 2 aromatic carbocycles. The number of Topliss-reactive ketones (excluding diaryl/α,β-unsaturated/α-hetero) is 1. The number of ketones is 1. The van der Waals surface area contributed by atoms with E-state index in [1.54, 1.807) is 62.4 Å². The highest BCUT2D eigenvalue weighted by atomic mass is 35.5. The molecule has 0 fully saturated rings. The lowest BCUT2D eigenvalue weighted by atomic mass is 9.81. The van der Waals surface area contributed by atoms with Gasteiger partial charge in [0.15, 0.2) is 11.7 Å². The predicted molar refractivity (Wildman–Crippen MR) is 106 cm³/mol. The van der Waals surface area contributed by atoms with Crippen LogP contribution in [0.5, 0.6) is 0 Å². The maximum Gasteiger partial charge on any atom is 0.320 e. The number of rotatable bonds is 9. The standard InChI is InChI=1S/C22H23ClO5/c1-3-27-21(25)20(22(26)28-4-2)17(16-12-8-9-13-18(16)23)14-19(24)15-10-6-5-7-11-15/h5-13,17,20H,3-4,14H2,1-2H3/t17-/m1/s1. The number of ether oxygens (including phenoxy) is 2. The zero-order valence-corrected chi connectivity index (χ0v) is 16.6. The summed E-state index contributed by atoms with van der Waals surface area (Å²) in [4.78, 5) is 38.1. The first-order valence-electron chi connectivity index (χ1n) is 9.15. The fourth-order valence-corrected chi connectivity index (χ4v) is 3.29. The highest BCUT2D eigenvalue weighted by Gasteiger charge is 2.40. The molecule has 148 valence electrons. The Morgan fingerprint density at radius 3 is 1.93 bits per heavy atom. The van der Waals surface area contributed by atoms with Crippen LogP contribution in [-0.4, -0.2) is 30.9 Å². The van der Waals surface area contributed by atoms with Gasteiger partial charge >= 0.3 is 11.9 Å². The number of esters is 2. The van der Waals surface area contributed by atoms with Gasteiger partial charge < -0.3 is 9.47 Å². The monoisotopic (exact) mass is 402 g/mol. The number of hydrogen-bond donors (Lipinski definition) is 0. The van der Waals surface area contributed by atoms with E-state index in [2.05, 4.69) is 0 Å². The number of carbonyl (C=O) groups is 3. The summed E-state index contributed by atoms with van der Waals surface area (Å²) in [5.41, 5.74) is 1.02. The Kier molecular flexibility index (Phi) is 8.20. The third-order valence-corrected chi connectivity index (χ3v) is 4.63. The van der Waals surface area contributed by atoms with Gasteiger partial charge in [-0.2, -0.15) is 0 Å². The van der Waals surface area contributed by atoms with Crippen LogP contribution in [0.4, 0.5) is 0 Å². The molecule has 0 radical (unpaired) electrons. The molecule has 0 heterocycles. The van der Waals surface area contributed by atoms with Crippen molar-refractivity contribution < 1.29 is 23.9 Å². The molecule has 0 aliphatic rings. The summed E-state index contributed by atoms with van der Waals surface area (Å²) < 4.78 is 10.2. The predicted octanol–water partition coefficient (Wildman–Crippen LogP) is 4.44. The summed E-state index contributed by atoms with van der Waals surface area (Å²) in [5.74, 6) is -3.76. The highest BCUT2D eigenvalue weighted by Crippen LogP contribution is 2.35. The van der Waals surface area contributed by atoms with Crippen molar-refractivity contribution in [2.75, 3.05) is 13.2 Å². The van der Waals surface area contributed by atoms with Crippen molar-refractivity contribution in [2.45, 2.75) is 26.2 Å². The van der Waals surface area contributed by atoms with E-state index < -0.39 is 23.8 Å². The minimum absolute atomic E-state index is 0.0873. The average molecular weight is 403 g/mol. The van der Waals surface area contributed by atoms with Gasteiger partial charge in [-0.1, -0.05) is 60.1 Å². The Morgan fingerprint density at radius 2 is 1.39 bits per heavy atom. The number of carbonyl (C=O) groups excluding carboxylic acids is 3. The molecule has 5 nitrogen and oxygen atoms in total. The summed E-state index contributed by atoms with van der Waals surface area (Å²) in [6, 6.07) is 15.5. The molecule has 0 bridgehead atoms.